The van der Waals surface area contributed by atoms with Gasteiger partial charge in [-0.25, -0.2) is 9.97 Å². The molecule has 78 valence electrons. The number of pyridine rings is 1. The number of rotatable bonds is 1. The van der Waals surface area contributed by atoms with Crippen molar-refractivity contribution in [3.8, 4) is 0 Å². The van der Waals surface area contributed by atoms with E-state index in [9.17, 15) is 0 Å². The Hall–Kier alpha value is -1.58. The highest BCUT2D eigenvalue weighted by Crippen LogP contribution is 2.45. The van der Waals surface area contributed by atoms with Crippen LogP contribution in [0.2, 0.25) is 0 Å². The Balaban J connectivity index is 2.26. The van der Waals surface area contributed by atoms with Crippen molar-refractivity contribution in [3.63, 3.8) is 0 Å². The summed E-state index contributed by atoms with van der Waals surface area (Å²) in [5, 5.41) is 0. The van der Waals surface area contributed by atoms with E-state index in [0.717, 1.165) is 16.9 Å². The Morgan fingerprint density at radius 3 is 2.80 bits per heavy atom. The predicted molar refractivity (Wildman–Crippen MR) is 59.5 cm³/mol. The molecule has 0 radical (unpaired) electrons. The summed E-state index contributed by atoms with van der Waals surface area (Å²) >= 11 is 0. The lowest BCUT2D eigenvalue weighted by molar-refractivity contribution is 0.708. The van der Waals surface area contributed by atoms with Crippen LogP contribution in [0.3, 0.4) is 0 Å². The first kappa shape index (κ1) is 8.71. The molecule has 1 aliphatic carbocycles. The molecule has 2 unspecified atom stereocenters. The fraction of sp³-hybridized carbons (Fsp3) is 0.455. The molecule has 0 bridgehead atoms. The summed E-state index contributed by atoms with van der Waals surface area (Å²) in [6, 6.07) is 4.46. The SMILES string of the molecule is Cc1ccc2nc(N)n(C3CC3C)c2n1. The maximum absolute atomic E-state index is 5.92. The van der Waals surface area contributed by atoms with E-state index in [1.807, 2.05) is 19.1 Å². The quantitative estimate of drug-likeness (QED) is 0.768. The third-order valence-electron chi connectivity index (χ3n) is 3.10. The lowest BCUT2D eigenvalue weighted by Gasteiger charge is -2.03. The number of hydrogen-bond acceptors (Lipinski definition) is 3. The van der Waals surface area contributed by atoms with Gasteiger partial charge in [0.25, 0.3) is 0 Å². The summed E-state index contributed by atoms with van der Waals surface area (Å²) in [6.07, 6.45) is 1.19. The summed E-state index contributed by atoms with van der Waals surface area (Å²) in [5.74, 6) is 1.30. The lowest BCUT2D eigenvalue weighted by Crippen LogP contribution is -2.02. The van der Waals surface area contributed by atoms with Crippen molar-refractivity contribution in [2.45, 2.75) is 26.3 Å². The standard InChI is InChI=1S/C11H14N4/c1-6-5-9(6)15-10-8(14-11(15)12)4-3-7(2)13-10/h3-4,6,9H,5H2,1-2H3,(H2,12,14). The van der Waals surface area contributed by atoms with Crippen LogP contribution in [0.1, 0.15) is 25.1 Å². The molecule has 3 rings (SSSR count). The molecular weight excluding hydrogens is 188 g/mol. The smallest absolute Gasteiger partial charge is 0.202 e. The summed E-state index contributed by atoms with van der Waals surface area (Å²) < 4.78 is 2.08. The maximum atomic E-state index is 5.92. The second-order valence-corrected chi connectivity index (χ2v) is 4.42. The monoisotopic (exact) mass is 202 g/mol. The zero-order chi connectivity index (χ0) is 10.6. The fourth-order valence-electron chi connectivity index (χ4n) is 2.08. The average Bonchev–Trinajstić information content (AvgIpc) is 2.78. The van der Waals surface area contributed by atoms with Gasteiger partial charge in [-0.15, -0.1) is 0 Å². The number of aromatic nitrogens is 3. The minimum atomic E-state index is 0.504. The van der Waals surface area contributed by atoms with E-state index in [4.69, 9.17) is 5.73 Å². The van der Waals surface area contributed by atoms with Gasteiger partial charge in [0.05, 0.1) is 0 Å². The summed E-state index contributed by atoms with van der Waals surface area (Å²) in [4.78, 5) is 8.84. The second-order valence-electron chi connectivity index (χ2n) is 4.42. The number of fused-ring (bicyclic) bond motifs is 1. The van der Waals surface area contributed by atoms with Gasteiger partial charge in [0, 0.05) is 11.7 Å². The number of hydrogen-bond donors (Lipinski definition) is 1. The number of aryl methyl sites for hydroxylation is 1. The molecule has 2 heterocycles. The van der Waals surface area contributed by atoms with E-state index in [1.165, 1.54) is 6.42 Å². The van der Waals surface area contributed by atoms with Crippen molar-refractivity contribution in [3.05, 3.63) is 17.8 Å². The number of nitrogen functional groups attached to an aromatic ring is 1. The van der Waals surface area contributed by atoms with E-state index in [2.05, 4.69) is 21.5 Å². The van der Waals surface area contributed by atoms with Crippen molar-refractivity contribution in [1.29, 1.82) is 0 Å². The molecule has 0 saturated heterocycles. The summed E-state index contributed by atoms with van der Waals surface area (Å²) in [7, 11) is 0. The van der Waals surface area contributed by atoms with Crippen LogP contribution in [0.15, 0.2) is 12.1 Å². The zero-order valence-electron chi connectivity index (χ0n) is 8.94. The summed E-state index contributed by atoms with van der Waals surface area (Å²) in [5.41, 5.74) is 8.76. The molecule has 1 saturated carbocycles. The molecule has 0 amide bonds. The highest BCUT2D eigenvalue weighted by Gasteiger charge is 2.37. The predicted octanol–water partition coefficient (Wildman–Crippen LogP) is 1.90. The fourth-order valence-corrected chi connectivity index (χ4v) is 2.08. The van der Waals surface area contributed by atoms with Crippen LogP contribution >= 0.6 is 0 Å². The third kappa shape index (κ3) is 1.21. The zero-order valence-corrected chi connectivity index (χ0v) is 8.94. The number of imidazole rings is 1. The number of nitrogens with two attached hydrogens (primary N) is 1. The van der Waals surface area contributed by atoms with E-state index >= 15 is 0 Å². The van der Waals surface area contributed by atoms with Gasteiger partial charge in [0.1, 0.15) is 5.52 Å². The molecule has 1 fully saturated rings. The van der Waals surface area contributed by atoms with Gasteiger partial charge in [0.2, 0.25) is 5.95 Å². The molecule has 15 heavy (non-hydrogen) atoms. The Morgan fingerprint density at radius 1 is 1.40 bits per heavy atom. The minimum Gasteiger partial charge on any atom is -0.369 e. The maximum Gasteiger partial charge on any atom is 0.202 e. The van der Waals surface area contributed by atoms with Crippen LogP contribution < -0.4 is 5.73 Å². The normalized spacial score (nSPS) is 24.7. The first-order valence-corrected chi connectivity index (χ1v) is 5.28. The minimum absolute atomic E-state index is 0.504. The van der Waals surface area contributed by atoms with Crippen molar-refractivity contribution in [2.24, 2.45) is 5.92 Å². The topological polar surface area (TPSA) is 56.7 Å². The molecule has 2 aromatic heterocycles. The molecular formula is C11H14N4. The first-order valence-electron chi connectivity index (χ1n) is 5.28. The van der Waals surface area contributed by atoms with Gasteiger partial charge in [-0.1, -0.05) is 6.92 Å². The molecule has 2 N–H and O–H groups in total. The molecule has 4 nitrogen and oxygen atoms in total. The molecule has 1 aliphatic rings. The van der Waals surface area contributed by atoms with Crippen LogP contribution in [0, 0.1) is 12.8 Å². The van der Waals surface area contributed by atoms with Gasteiger partial charge in [-0.05, 0) is 31.4 Å². The molecule has 2 aromatic rings. The van der Waals surface area contributed by atoms with Gasteiger partial charge < -0.3 is 5.73 Å². The highest BCUT2D eigenvalue weighted by atomic mass is 15.2. The van der Waals surface area contributed by atoms with Crippen LogP contribution in [0.25, 0.3) is 11.2 Å². The van der Waals surface area contributed by atoms with E-state index in [0.29, 0.717) is 17.9 Å². The van der Waals surface area contributed by atoms with Crippen LogP contribution in [0.5, 0.6) is 0 Å². The Labute approximate surface area is 88.1 Å². The molecule has 2 atom stereocenters. The lowest BCUT2D eigenvalue weighted by atomic mass is 10.3. The highest BCUT2D eigenvalue weighted by molar-refractivity contribution is 5.74. The van der Waals surface area contributed by atoms with Crippen molar-refractivity contribution in [2.75, 3.05) is 5.73 Å². The van der Waals surface area contributed by atoms with Crippen LogP contribution in [0.4, 0.5) is 5.95 Å². The van der Waals surface area contributed by atoms with E-state index < -0.39 is 0 Å². The first-order chi connectivity index (χ1) is 7.16. The van der Waals surface area contributed by atoms with Gasteiger partial charge in [-0.2, -0.15) is 0 Å². The van der Waals surface area contributed by atoms with Crippen molar-refractivity contribution >= 4 is 17.1 Å². The molecule has 0 aliphatic heterocycles. The van der Waals surface area contributed by atoms with E-state index in [-0.39, 0.29) is 0 Å². The van der Waals surface area contributed by atoms with Crippen molar-refractivity contribution < 1.29 is 0 Å². The van der Waals surface area contributed by atoms with Gasteiger partial charge in [-0.3, -0.25) is 4.57 Å². The average molecular weight is 202 g/mol. The molecule has 0 spiro atoms. The Bertz CT molecular complexity index is 529. The Morgan fingerprint density at radius 2 is 2.13 bits per heavy atom. The molecule has 4 heteroatoms. The number of nitrogens with zero attached hydrogens (tertiary/aromatic N) is 3. The van der Waals surface area contributed by atoms with Crippen molar-refractivity contribution in [1.82, 2.24) is 14.5 Å². The Kier molecular flexibility index (Phi) is 1.58. The second kappa shape index (κ2) is 2.72. The van der Waals surface area contributed by atoms with Gasteiger partial charge in [0.15, 0.2) is 5.65 Å². The number of anilines is 1. The summed E-state index contributed by atoms with van der Waals surface area (Å²) in [6.45, 7) is 4.22. The molecule has 0 aromatic carbocycles. The third-order valence-corrected chi connectivity index (χ3v) is 3.10. The van der Waals surface area contributed by atoms with Crippen LogP contribution in [-0.2, 0) is 0 Å². The van der Waals surface area contributed by atoms with Gasteiger partial charge >= 0.3 is 0 Å². The van der Waals surface area contributed by atoms with E-state index in [1.54, 1.807) is 0 Å². The van der Waals surface area contributed by atoms with Crippen LogP contribution in [-0.4, -0.2) is 14.5 Å². The largest absolute Gasteiger partial charge is 0.369 e.